The zero-order valence-corrected chi connectivity index (χ0v) is 16.2. The highest BCUT2D eigenvalue weighted by atomic mass is 16.2. The molecule has 2 atom stereocenters. The first-order valence-corrected chi connectivity index (χ1v) is 10.2. The van der Waals surface area contributed by atoms with Crippen molar-refractivity contribution in [2.45, 2.75) is 19.3 Å². The molecule has 0 unspecified atom stereocenters. The van der Waals surface area contributed by atoms with Crippen LogP contribution in [0.15, 0.2) is 54.7 Å². The molecule has 0 spiro atoms. The Labute approximate surface area is 170 Å². The van der Waals surface area contributed by atoms with Crippen LogP contribution in [0.2, 0.25) is 0 Å². The summed E-state index contributed by atoms with van der Waals surface area (Å²) in [6.45, 7) is 1.60. The second-order valence-electron chi connectivity index (χ2n) is 8.09. The molecule has 29 heavy (non-hydrogen) atoms. The maximum atomic E-state index is 12.7. The molecule has 5 heteroatoms. The van der Waals surface area contributed by atoms with E-state index in [4.69, 9.17) is 0 Å². The van der Waals surface area contributed by atoms with Crippen LogP contribution in [-0.2, 0) is 16.0 Å². The van der Waals surface area contributed by atoms with Crippen LogP contribution in [0.25, 0.3) is 11.6 Å². The van der Waals surface area contributed by atoms with Crippen LogP contribution in [0.5, 0.6) is 0 Å². The van der Waals surface area contributed by atoms with Crippen molar-refractivity contribution in [3.8, 4) is 0 Å². The van der Waals surface area contributed by atoms with Gasteiger partial charge in [-0.05, 0) is 59.1 Å². The Kier molecular flexibility index (Phi) is 4.51. The lowest BCUT2D eigenvalue weighted by atomic mass is 9.98. The van der Waals surface area contributed by atoms with Crippen molar-refractivity contribution in [2.75, 3.05) is 18.4 Å². The van der Waals surface area contributed by atoms with E-state index in [-0.39, 0.29) is 11.8 Å². The fourth-order valence-electron chi connectivity index (χ4n) is 4.60. The number of nitrogens with zero attached hydrogens (tertiary/aromatic N) is 2. The van der Waals surface area contributed by atoms with E-state index in [0.717, 1.165) is 30.6 Å². The van der Waals surface area contributed by atoms with Gasteiger partial charge in [-0.2, -0.15) is 0 Å². The fourth-order valence-corrected chi connectivity index (χ4v) is 4.60. The normalized spacial score (nSPS) is 23.0. The molecule has 5 nitrogen and oxygen atoms in total. The second kappa shape index (κ2) is 7.32. The lowest BCUT2D eigenvalue weighted by Crippen LogP contribution is -2.27. The summed E-state index contributed by atoms with van der Waals surface area (Å²) in [6, 6.07) is 12.5. The van der Waals surface area contributed by atoms with Gasteiger partial charge in [-0.1, -0.05) is 36.4 Å². The Hall–Kier alpha value is -3.21. The molecular formula is C24H23N3O2. The number of anilines is 1. The number of fused-ring (bicyclic) bond motifs is 2. The first-order valence-electron chi connectivity index (χ1n) is 10.2. The van der Waals surface area contributed by atoms with Crippen LogP contribution >= 0.6 is 0 Å². The summed E-state index contributed by atoms with van der Waals surface area (Å²) >= 11 is 0. The zero-order valence-electron chi connectivity index (χ0n) is 16.2. The van der Waals surface area contributed by atoms with Gasteiger partial charge in [0.2, 0.25) is 11.8 Å². The number of amides is 2. The molecule has 0 bridgehead atoms. The van der Waals surface area contributed by atoms with Gasteiger partial charge in [0.15, 0.2) is 0 Å². The smallest absolute Gasteiger partial charge is 0.246 e. The quantitative estimate of drug-likeness (QED) is 0.822. The molecule has 1 aromatic carbocycles. The number of likely N-dealkylation sites (tertiary alicyclic amines) is 1. The molecule has 2 aromatic rings. The predicted octanol–water partition coefficient (Wildman–Crippen LogP) is 3.54. The van der Waals surface area contributed by atoms with Crippen LogP contribution in [0.3, 0.4) is 0 Å². The molecular weight excluding hydrogens is 362 g/mol. The van der Waals surface area contributed by atoms with Crippen molar-refractivity contribution in [1.29, 1.82) is 0 Å². The molecule has 146 valence electrons. The molecule has 1 N–H and O–H groups in total. The Balaban J connectivity index is 1.23. The number of carbonyl (C=O) groups is 2. The van der Waals surface area contributed by atoms with Crippen LogP contribution in [0, 0.1) is 11.8 Å². The molecule has 1 aliphatic carbocycles. The summed E-state index contributed by atoms with van der Waals surface area (Å²) in [7, 11) is 0. The first kappa shape index (κ1) is 17.9. The summed E-state index contributed by atoms with van der Waals surface area (Å²) < 4.78 is 0. The van der Waals surface area contributed by atoms with Gasteiger partial charge in [-0.15, -0.1) is 0 Å². The van der Waals surface area contributed by atoms with Gasteiger partial charge in [0.25, 0.3) is 0 Å². The maximum absolute atomic E-state index is 12.7. The van der Waals surface area contributed by atoms with E-state index in [2.05, 4.69) is 40.6 Å². The number of hydrogen-bond acceptors (Lipinski definition) is 3. The molecule has 3 heterocycles. The van der Waals surface area contributed by atoms with Gasteiger partial charge in [-0.3, -0.25) is 9.59 Å². The van der Waals surface area contributed by atoms with Gasteiger partial charge < -0.3 is 10.2 Å². The van der Waals surface area contributed by atoms with Gasteiger partial charge >= 0.3 is 0 Å². The average molecular weight is 385 g/mol. The summed E-state index contributed by atoms with van der Waals surface area (Å²) in [5, 5.41) is 2.78. The second-order valence-corrected chi connectivity index (χ2v) is 8.09. The third-order valence-corrected chi connectivity index (χ3v) is 6.13. The monoisotopic (exact) mass is 385 g/mol. The number of pyridine rings is 1. The Morgan fingerprint density at radius 2 is 2.03 bits per heavy atom. The molecule has 2 aliphatic heterocycles. The van der Waals surface area contributed by atoms with Crippen molar-refractivity contribution in [3.05, 3.63) is 71.4 Å². The highest BCUT2D eigenvalue weighted by Crippen LogP contribution is 2.40. The first-order chi connectivity index (χ1) is 14.2. The minimum atomic E-state index is 0.00697. The average Bonchev–Trinajstić information content (AvgIpc) is 3.32. The maximum Gasteiger partial charge on any atom is 0.246 e. The van der Waals surface area contributed by atoms with Gasteiger partial charge in [0.05, 0.1) is 0 Å². The number of nitrogens with one attached hydrogen (secondary N) is 1. The molecule has 2 amide bonds. The molecule has 3 aliphatic rings. The number of carbonyl (C=O) groups excluding carboxylic acids is 2. The minimum Gasteiger partial charge on any atom is -0.338 e. The van der Waals surface area contributed by atoms with E-state index in [1.165, 1.54) is 11.1 Å². The Morgan fingerprint density at radius 3 is 2.86 bits per heavy atom. The summed E-state index contributed by atoms with van der Waals surface area (Å²) in [4.78, 5) is 30.4. The fraction of sp³-hybridized carbons (Fsp3) is 0.292. The van der Waals surface area contributed by atoms with Crippen molar-refractivity contribution in [1.82, 2.24) is 9.88 Å². The van der Waals surface area contributed by atoms with Crippen molar-refractivity contribution in [2.24, 2.45) is 11.8 Å². The Bertz CT molecular complexity index is 1030. The topological polar surface area (TPSA) is 62.3 Å². The van der Waals surface area contributed by atoms with Gasteiger partial charge in [-0.25, -0.2) is 4.98 Å². The van der Waals surface area contributed by atoms with Crippen molar-refractivity contribution >= 4 is 29.3 Å². The van der Waals surface area contributed by atoms with Crippen LogP contribution in [0.1, 0.15) is 29.5 Å². The van der Waals surface area contributed by atoms with Crippen LogP contribution in [-0.4, -0.2) is 34.8 Å². The molecule has 5 rings (SSSR count). The van der Waals surface area contributed by atoms with E-state index in [1.54, 1.807) is 12.3 Å². The number of aryl methyl sites for hydroxylation is 1. The molecule has 1 aromatic heterocycles. The van der Waals surface area contributed by atoms with Crippen LogP contribution < -0.4 is 5.32 Å². The number of aromatic nitrogens is 1. The predicted molar refractivity (Wildman–Crippen MR) is 113 cm³/mol. The van der Waals surface area contributed by atoms with E-state index >= 15 is 0 Å². The van der Waals surface area contributed by atoms with E-state index < -0.39 is 0 Å². The third-order valence-electron chi connectivity index (χ3n) is 6.13. The molecule has 0 saturated carbocycles. The summed E-state index contributed by atoms with van der Waals surface area (Å²) in [5.74, 6) is 1.68. The summed E-state index contributed by atoms with van der Waals surface area (Å²) in [6.07, 6.45) is 9.74. The van der Waals surface area contributed by atoms with Crippen molar-refractivity contribution < 1.29 is 9.59 Å². The summed E-state index contributed by atoms with van der Waals surface area (Å²) in [5.41, 5.74) is 4.62. The zero-order chi connectivity index (χ0) is 19.8. The number of allylic oxidation sites excluding steroid dienone is 1. The molecule has 1 saturated heterocycles. The standard InChI is InChI=1S/C24H23N3O2/c28-22-8-7-18-10-16(13-25-24(18)26-22)6-9-23(29)27-14-20-11-19(12-21(20)15-27)17-4-2-1-3-5-17/h1-6,9-11,13,20-21H,7-8,12,14-15H2,(H,25,26,28)/t20-,21+/m1/s1. The number of rotatable bonds is 3. The van der Waals surface area contributed by atoms with Gasteiger partial charge in [0.1, 0.15) is 5.82 Å². The molecule has 1 fully saturated rings. The Morgan fingerprint density at radius 1 is 1.17 bits per heavy atom. The largest absolute Gasteiger partial charge is 0.338 e. The lowest BCUT2D eigenvalue weighted by molar-refractivity contribution is -0.125. The highest BCUT2D eigenvalue weighted by molar-refractivity contribution is 5.94. The highest BCUT2D eigenvalue weighted by Gasteiger charge is 2.37. The minimum absolute atomic E-state index is 0.00697. The molecule has 0 radical (unpaired) electrons. The number of benzene rings is 1. The lowest BCUT2D eigenvalue weighted by Gasteiger charge is -2.16. The van der Waals surface area contributed by atoms with Gasteiger partial charge in [0, 0.05) is 31.8 Å². The van der Waals surface area contributed by atoms with E-state index in [0.29, 0.717) is 30.5 Å². The number of hydrogen-bond donors (Lipinski definition) is 1. The van der Waals surface area contributed by atoms with Crippen molar-refractivity contribution in [3.63, 3.8) is 0 Å². The third kappa shape index (κ3) is 3.60. The van der Waals surface area contributed by atoms with E-state index in [1.807, 2.05) is 23.1 Å². The SMILES string of the molecule is O=C1CCc2cc(C=CC(=O)N3C[C@@H]4CC(c5ccccc5)=C[C@@H]4C3)cnc2N1. The van der Waals surface area contributed by atoms with Crippen LogP contribution in [0.4, 0.5) is 5.82 Å². The van der Waals surface area contributed by atoms with E-state index in [9.17, 15) is 9.59 Å².